The Hall–Kier alpha value is -2.91. The fourth-order valence-electron chi connectivity index (χ4n) is 6.80. The number of hydrogen-bond donors (Lipinski definition) is 1. The van der Waals surface area contributed by atoms with Crippen molar-refractivity contribution in [3.8, 4) is 0 Å². The van der Waals surface area contributed by atoms with Gasteiger partial charge in [-0.25, -0.2) is 0 Å². The molecule has 4 aliphatic rings. The molecular formula is C24H24Cl2N6O3. The number of nitrogens with one attached hydrogen (secondary N) is 1. The Morgan fingerprint density at radius 2 is 1.74 bits per heavy atom. The molecule has 1 N–H and O–H groups in total. The van der Waals surface area contributed by atoms with E-state index in [1.807, 2.05) is 0 Å². The van der Waals surface area contributed by atoms with Crippen LogP contribution in [0.4, 0.5) is 11.4 Å². The molecule has 182 valence electrons. The molecule has 0 radical (unpaired) electrons. The van der Waals surface area contributed by atoms with E-state index in [-0.39, 0.29) is 16.9 Å². The molecule has 7 rings (SSSR count). The van der Waals surface area contributed by atoms with Crippen LogP contribution < -0.4 is 5.32 Å². The van der Waals surface area contributed by atoms with Crippen LogP contribution in [0.1, 0.15) is 54.6 Å². The smallest absolute Gasteiger partial charge is 0.318 e. The fourth-order valence-corrected chi connectivity index (χ4v) is 7.32. The van der Waals surface area contributed by atoms with Gasteiger partial charge >= 0.3 is 5.69 Å². The van der Waals surface area contributed by atoms with Crippen LogP contribution in [-0.4, -0.2) is 30.4 Å². The van der Waals surface area contributed by atoms with Gasteiger partial charge in [0.15, 0.2) is 0 Å². The van der Waals surface area contributed by atoms with Crippen LogP contribution in [-0.2, 0) is 12.1 Å². The summed E-state index contributed by atoms with van der Waals surface area (Å²) in [5, 5.41) is 24.3. The molecule has 0 spiro atoms. The van der Waals surface area contributed by atoms with Crippen molar-refractivity contribution >= 4 is 40.5 Å². The second kappa shape index (κ2) is 8.34. The fraction of sp³-hybridized carbons (Fsp3) is 0.458. The highest BCUT2D eigenvalue weighted by atomic mass is 35.5. The number of carbonyl (C=O) groups is 1. The van der Waals surface area contributed by atoms with E-state index < -0.39 is 10.8 Å². The molecule has 2 heterocycles. The molecule has 0 unspecified atom stereocenters. The molecule has 1 amide bonds. The summed E-state index contributed by atoms with van der Waals surface area (Å²) in [6, 6.07) is 5.25. The number of hydrogen-bond acceptors (Lipinski definition) is 5. The Balaban J connectivity index is 1.24. The van der Waals surface area contributed by atoms with E-state index in [0.29, 0.717) is 45.6 Å². The maximum absolute atomic E-state index is 13.1. The average Bonchev–Trinajstić information content (AvgIpc) is 3.43. The molecule has 2 aromatic heterocycles. The Labute approximate surface area is 211 Å². The van der Waals surface area contributed by atoms with Gasteiger partial charge in [-0.1, -0.05) is 29.3 Å². The SMILES string of the molecule is O=C(Nc1cnn(Cc2c(Cl)cccc2Cl)c1)c1nn(C23CC4CC(CC(C4)C2)C3)cc1[N+](=O)[O-]. The summed E-state index contributed by atoms with van der Waals surface area (Å²) in [7, 11) is 0. The van der Waals surface area contributed by atoms with Gasteiger partial charge in [0.05, 0.1) is 28.9 Å². The molecule has 4 saturated carbocycles. The molecule has 0 atom stereocenters. The molecule has 35 heavy (non-hydrogen) atoms. The minimum atomic E-state index is -0.629. The van der Waals surface area contributed by atoms with Gasteiger partial charge in [0.2, 0.25) is 5.69 Å². The highest BCUT2D eigenvalue weighted by Gasteiger charge is 2.53. The van der Waals surface area contributed by atoms with Gasteiger partial charge in [-0.3, -0.25) is 24.3 Å². The molecule has 4 fully saturated rings. The average molecular weight is 515 g/mol. The zero-order chi connectivity index (χ0) is 24.3. The largest absolute Gasteiger partial charge is 0.320 e. The minimum Gasteiger partial charge on any atom is -0.318 e. The Bertz CT molecular complexity index is 1280. The van der Waals surface area contributed by atoms with Gasteiger partial charge in [-0.05, 0) is 68.4 Å². The van der Waals surface area contributed by atoms with E-state index >= 15 is 0 Å². The van der Waals surface area contributed by atoms with Crippen LogP contribution in [0.5, 0.6) is 0 Å². The monoisotopic (exact) mass is 514 g/mol. The van der Waals surface area contributed by atoms with Crippen LogP contribution in [0.25, 0.3) is 0 Å². The second-order valence-corrected chi connectivity index (χ2v) is 11.1. The van der Waals surface area contributed by atoms with Crippen LogP contribution in [0.3, 0.4) is 0 Å². The lowest BCUT2D eigenvalue weighted by Crippen LogP contribution is -2.52. The normalized spacial score (nSPS) is 26.7. The van der Waals surface area contributed by atoms with Gasteiger partial charge < -0.3 is 5.32 Å². The first-order valence-electron chi connectivity index (χ1n) is 11.8. The lowest BCUT2D eigenvalue weighted by Gasteiger charge is -2.56. The third kappa shape index (κ3) is 4.00. The number of benzene rings is 1. The zero-order valence-corrected chi connectivity index (χ0v) is 20.4. The quantitative estimate of drug-likeness (QED) is 0.344. The van der Waals surface area contributed by atoms with Crippen LogP contribution >= 0.6 is 23.2 Å². The first-order chi connectivity index (χ1) is 16.8. The number of rotatable bonds is 6. The zero-order valence-electron chi connectivity index (χ0n) is 18.9. The summed E-state index contributed by atoms with van der Waals surface area (Å²) in [4.78, 5) is 24.4. The molecular weight excluding hydrogens is 491 g/mol. The molecule has 0 saturated heterocycles. The predicted molar refractivity (Wildman–Crippen MR) is 131 cm³/mol. The van der Waals surface area contributed by atoms with Crippen LogP contribution in [0.15, 0.2) is 36.8 Å². The lowest BCUT2D eigenvalue weighted by molar-refractivity contribution is -0.385. The van der Waals surface area contributed by atoms with E-state index in [0.717, 1.165) is 19.3 Å². The third-order valence-corrected chi connectivity index (χ3v) is 8.58. The van der Waals surface area contributed by atoms with Gasteiger partial charge in [-0.2, -0.15) is 10.2 Å². The van der Waals surface area contributed by atoms with Gasteiger partial charge in [0, 0.05) is 21.8 Å². The first-order valence-corrected chi connectivity index (χ1v) is 12.6. The summed E-state index contributed by atoms with van der Waals surface area (Å²) in [5.74, 6) is 1.33. The summed E-state index contributed by atoms with van der Waals surface area (Å²) < 4.78 is 3.33. The highest BCUT2D eigenvalue weighted by molar-refractivity contribution is 6.35. The van der Waals surface area contributed by atoms with Crippen molar-refractivity contribution in [1.29, 1.82) is 0 Å². The lowest BCUT2D eigenvalue weighted by atomic mass is 9.53. The molecule has 3 aromatic rings. The third-order valence-electron chi connectivity index (χ3n) is 7.87. The molecule has 1 aromatic carbocycles. The number of nitrogens with zero attached hydrogens (tertiary/aromatic N) is 5. The number of aromatic nitrogens is 4. The van der Waals surface area contributed by atoms with E-state index in [1.54, 1.807) is 33.8 Å². The maximum Gasteiger partial charge on any atom is 0.320 e. The van der Waals surface area contributed by atoms with E-state index in [1.165, 1.54) is 31.7 Å². The number of amides is 1. The summed E-state index contributed by atoms with van der Waals surface area (Å²) in [6.07, 6.45) is 11.3. The van der Waals surface area contributed by atoms with Crippen molar-refractivity contribution in [3.63, 3.8) is 0 Å². The van der Waals surface area contributed by atoms with Crippen LogP contribution in [0.2, 0.25) is 10.0 Å². The molecule has 4 aliphatic carbocycles. The van der Waals surface area contributed by atoms with E-state index in [4.69, 9.17) is 23.2 Å². The second-order valence-electron chi connectivity index (χ2n) is 10.3. The van der Waals surface area contributed by atoms with Gasteiger partial charge in [0.1, 0.15) is 6.20 Å². The number of anilines is 1. The first kappa shape index (κ1) is 22.5. The summed E-state index contributed by atoms with van der Waals surface area (Å²) in [6.45, 7) is 0.315. The van der Waals surface area contributed by atoms with Gasteiger partial charge in [0.25, 0.3) is 5.91 Å². The van der Waals surface area contributed by atoms with E-state index in [2.05, 4.69) is 15.5 Å². The van der Waals surface area contributed by atoms with Crippen LogP contribution in [0, 0.1) is 27.9 Å². The number of nitro groups is 1. The molecule has 4 bridgehead atoms. The van der Waals surface area contributed by atoms with Crippen molar-refractivity contribution in [1.82, 2.24) is 19.6 Å². The Kier molecular flexibility index (Phi) is 5.37. The van der Waals surface area contributed by atoms with Gasteiger partial charge in [-0.15, -0.1) is 0 Å². The number of halogens is 2. The predicted octanol–water partition coefficient (Wildman–Crippen LogP) is 5.52. The van der Waals surface area contributed by atoms with E-state index in [9.17, 15) is 14.9 Å². The van der Waals surface area contributed by atoms with Crippen molar-refractivity contribution in [2.45, 2.75) is 50.6 Å². The molecule has 9 nitrogen and oxygen atoms in total. The minimum absolute atomic E-state index is 0.173. The molecule has 11 heteroatoms. The van der Waals surface area contributed by atoms with Crippen molar-refractivity contribution < 1.29 is 9.72 Å². The standard InChI is InChI=1S/C24H24Cl2N6O3/c25-19-2-1-3-20(26)18(19)12-30-11-17(10-27-30)28-23(33)22-21(32(34)35)13-31(29-22)24-7-14-4-15(8-24)6-16(5-14)9-24/h1-3,10-11,13-16H,4-9,12H2,(H,28,33). The van der Waals surface area contributed by atoms with Crippen molar-refractivity contribution in [2.75, 3.05) is 5.32 Å². The molecule has 0 aliphatic heterocycles. The maximum atomic E-state index is 13.1. The Morgan fingerprint density at radius 3 is 2.34 bits per heavy atom. The van der Waals surface area contributed by atoms with Crippen molar-refractivity contribution in [3.05, 3.63) is 68.2 Å². The topological polar surface area (TPSA) is 108 Å². The van der Waals surface area contributed by atoms with Crippen molar-refractivity contribution in [2.24, 2.45) is 17.8 Å². The summed E-state index contributed by atoms with van der Waals surface area (Å²) in [5.41, 5.74) is 0.455. The summed E-state index contributed by atoms with van der Waals surface area (Å²) >= 11 is 12.5. The highest BCUT2D eigenvalue weighted by Crippen LogP contribution is 2.58. The Morgan fingerprint density at radius 1 is 1.11 bits per heavy atom. The number of carbonyl (C=O) groups excluding carboxylic acids is 1.